The number of ether oxygens (including phenoxy) is 1. The molecule has 2 aromatic rings. The summed E-state index contributed by atoms with van der Waals surface area (Å²) in [6.07, 6.45) is 1.50. The summed E-state index contributed by atoms with van der Waals surface area (Å²) >= 11 is 0. The lowest BCUT2D eigenvalue weighted by atomic mass is 10.1. The van der Waals surface area contributed by atoms with Crippen LogP contribution in [0.4, 0.5) is 4.79 Å². The summed E-state index contributed by atoms with van der Waals surface area (Å²) in [6, 6.07) is 8.40. The summed E-state index contributed by atoms with van der Waals surface area (Å²) in [6.45, 7) is 0.141. The standard InChI is InChI=1S/C22H26N4O7S/c1-25(2)22(30)33-16-10-8-15(9-11-16)14-17(21(28)29)24-20(27)18-6-5-13-26(18)34(31,32)19-7-3-4-12-23-19/h3-4,7-12,17-18H,5-6,13-14H2,1-2H3,(H,24,27)(H,28,29)/t17-,18-/m0/s1. The van der Waals surface area contributed by atoms with Crippen LogP contribution in [0.1, 0.15) is 18.4 Å². The first kappa shape index (κ1) is 25.1. The van der Waals surface area contributed by atoms with Gasteiger partial charge >= 0.3 is 12.1 Å². The Morgan fingerprint density at radius 2 is 1.91 bits per heavy atom. The molecule has 0 bridgehead atoms. The van der Waals surface area contributed by atoms with E-state index >= 15 is 0 Å². The molecule has 1 aromatic heterocycles. The van der Waals surface area contributed by atoms with Crippen molar-refractivity contribution in [2.75, 3.05) is 20.6 Å². The Morgan fingerprint density at radius 3 is 2.50 bits per heavy atom. The van der Waals surface area contributed by atoms with Gasteiger partial charge in [-0.2, -0.15) is 4.31 Å². The smallest absolute Gasteiger partial charge is 0.414 e. The van der Waals surface area contributed by atoms with Crippen LogP contribution in [-0.2, 0) is 26.0 Å². The van der Waals surface area contributed by atoms with E-state index < -0.39 is 40.1 Å². The van der Waals surface area contributed by atoms with E-state index in [1.54, 1.807) is 32.3 Å². The minimum atomic E-state index is -4.00. The number of nitrogens with zero attached hydrogens (tertiary/aromatic N) is 3. The molecule has 1 aliphatic heterocycles. The molecule has 2 heterocycles. The highest BCUT2D eigenvalue weighted by Gasteiger charge is 2.41. The van der Waals surface area contributed by atoms with E-state index in [1.165, 1.54) is 35.4 Å². The number of sulfonamides is 1. The predicted octanol–water partition coefficient (Wildman–Crippen LogP) is 1.11. The Kier molecular flexibility index (Phi) is 7.84. The molecular weight excluding hydrogens is 464 g/mol. The zero-order valence-electron chi connectivity index (χ0n) is 18.7. The zero-order valence-corrected chi connectivity index (χ0v) is 19.6. The first-order valence-corrected chi connectivity index (χ1v) is 12.0. The monoisotopic (exact) mass is 490 g/mol. The number of rotatable bonds is 8. The molecule has 0 unspecified atom stereocenters. The fourth-order valence-corrected chi connectivity index (χ4v) is 5.09. The van der Waals surface area contributed by atoms with Crippen LogP contribution in [0.15, 0.2) is 53.7 Å². The van der Waals surface area contributed by atoms with Crippen LogP contribution in [0.25, 0.3) is 0 Å². The van der Waals surface area contributed by atoms with Gasteiger partial charge in [0, 0.05) is 33.3 Å². The molecule has 2 amide bonds. The highest BCUT2D eigenvalue weighted by molar-refractivity contribution is 7.89. The van der Waals surface area contributed by atoms with Gasteiger partial charge in [-0.25, -0.2) is 23.0 Å². The second kappa shape index (κ2) is 10.6. The molecule has 0 radical (unpaired) electrons. The van der Waals surface area contributed by atoms with Crippen molar-refractivity contribution < 1.29 is 32.6 Å². The number of carboxylic acid groups (broad SMARTS) is 1. The second-order valence-electron chi connectivity index (χ2n) is 7.95. The third kappa shape index (κ3) is 5.88. The SMILES string of the molecule is CN(C)C(=O)Oc1ccc(C[C@H](NC(=O)[C@@H]2CCCN2S(=O)(=O)c2ccccn2)C(=O)O)cc1. The van der Waals surface area contributed by atoms with Crippen molar-refractivity contribution in [1.82, 2.24) is 19.5 Å². The summed E-state index contributed by atoms with van der Waals surface area (Å²) < 4.78 is 32.1. The summed E-state index contributed by atoms with van der Waals surface area (Å²) in [5.74, 6) is -1.64. The molecule has 34 heavy (non-hydrogen) atoms. The average Bonchev–Trinajstić information content (AvgIpc) is 3.31. The molecule has 1 aromatic carbocycles. The van der Waals surface area contributed by atoms with E-state index in [0.717, 1.165) is 4.31 Å². The average molecular weight is 491 g/mol. The Bertz CT molecular complexity index is 1140. The molecule has 1 aliphatic rings. The molecular formula is C22H26N4O7S. The van der Waals surface area contributed by atoms with Crippen molar-refractivity contribution in [1.29, 1.82) is 0 Å². The van der Waals surface area contributed by atoms with Gasteiger partial charge in [-0.05, 0) is 42.7 Å². The number of nitrogens with one attached hydrogen (secondary N) is 1. The van der Waals surface area contributed by atoms with Gasteiger partial charge in [-0.15, -0.1) is 0 Å². The molecule has 2 atom stereocenters. The van der Waals surface area contributed by atoms with Crippen LogP contribution in [0.3, 0.4) is 0 Å². The molecule has 11 nitrogen and oxygen atoms in total. The first-order valence-electron chi connectivity index (χ1n) is 10.5. The van der Waals surface area contributed by atoms with E-state index in [9.17, 15) is 27.9 Å². The number of carbonyl (C=O) groups excluding carboxylic acids is 2. The van der Waals surface area contributed by atoms with E-state index in [2.05, 4.69) is 10.3 Å². The van der Waals surface area contributed by atoms with Crippen LogP contribution >= 0.6 is 0 Å². The summed E-state index contributed by atoms with van der Waals surface area (Å²) in [5.41, 5.74) is 0.585. The molecule has 1 saturated heterocycles. The summed E-state index contributed by atoms with van der Waals surface area (Å²) in [4.78, 5) is 41.5. The zero-order chi connectivity index (χ0) is 24.9. The quantitative estimate of drug-likeness (QED) is 0.559. The lowest BCUT2D eigenvalue weighted by molar-refractivity contribution is -0.142. The molecule has 0 saturated carbocycles. The predicted molar refractivity (Wildman–Crippen MR) is 121 cm³/mol. The van der Waals surface area contributed by atoms with Crippen LogP contribution in [0.5, 0.6) is 5.75 Å². The maximum Gasteiger partial charge on any atom is 0.414 e. The van der Waals surface area contributed by atoms with Crippen molar-refractivity contribution in [3.8, 4) is 5.75 Å². The normalized spacial score (nSPS) is 17.1. The topological polar surface area (TPSA) is 146 Å². The maximum atomic E-state index is 12.9. The van der Waals surface area contributed by atoms with E-state index in [1.807, 2.05) is 0 Å². The van der Waals surface area contributed by atoms with Gasteiger partial charge in [0.25, 0.3) is 10.0 Å². The number of pyridine rings is 1. The number of hydrogen-bond donors (Lipinski definition) is 2. The van der Waals surface area contributed by atoms with Gasteiger partial charge in [0.2, 0.25) is 5.91 Å². The number of carboxylic acids is 1. The molecule has 3 rings (SSSR count). The Morgan fingerprint density at radius 1 is 1.21 bits per heavy atom. The Labute approximate surface area is 197 Å². The highest BCUT2D eigenvalue weighted by Crippen LogP contribution is 2.25. The Hall–Kier alpha value is -3.51. The number of hydrogen-bond acceptors (Lipinski definition) is 7. The molecule has 2 N–H and O–H groups in total. The van der Waals surface area contributed by atoms with Gasteiger partial charge in [-0.3, -0.25) is 4.79 Å². The minimum absolute atomic E-state index is 0.0390. The third-order valence-electron chi connectivity index (χ3n) is 5.27. The highest BCUT2D eigenvalue weighted by atomic mass is 32.2. The number of amides is 2. The summed E-state index contributed by atoms with van der Waals surface area (Å²) in [7, 11) is -0.909. The second-order valence-corrected chi connectivity index (χ2v) is 9.79. The molecule has 1 fully saturated rings. The molecule has 12 heteroatoms. The van der Waals surface area contributed by atoms with Crippen molar-refractivity contribution in [3.63, 3.8) is 0 Å². The minimum Gasteiger partial charge on any atom is -0.480 e. The van der Waals surface area contributed by atoms with Gasteiger partial charge < -0.3 is 20.1 Å². The number of benzene rings is 1. The van der Waals surface area contributed by atoms with Crippen molar-refractivity contribution in [2.45, 2.75) is 36.4 Å². The van der Waals surface area contributed by atoms with Crippen LogP contribution < -0.4 is 10.1 Å². The number of carbonyl (C=O) groups is 3. The fourth-order valence-electron chi connectivity index (χ4n) is 3.50. The van der Waals surface area contributed by atoms with Crippen LogP contribution in [0, 0.1) is 0 Å². The van der Waals surface area contributed by atoms with E-state index in [-0.39, 0.29) is 24.4 Å². The Balaban J connectivity index is 1.69. The maximum absolute atomic E-state index is 12.9. The number of aliphatic carboxylic acids is 1. The van der Waals surface area contributed by atoms with Crippen molar-refractivity contribution >= 4 is 28.0 Å². The van der Waals surface area contributed by atoms with Crippen molar-refractivity contribution in [2.24, 2.45) is 0 Å². The summed E-state index contributed by atoms with van der Waals surface area (Å²) in [5, 5.41) is 11.9. The van der Waals surface area contributed by atoms with Crippen LogP contribution in [0.2, 0.25) is 0 Å². The largest absolute Gasteiger partial charge is 0.480 e. The van der Waals surface area contributed by atoms with Gasteiger partial charge in [-0.1, -0.05) is 18.2 Å². The van der Waals surface area contributed by atoms with Gasteiger partial charge in [0.15, 0.2) is 5.03 Å². The lowest BCUT2D eigenvalue weighted by Gasteiger charge is -2.24. The number of aromatic nitrogens is 1. The van der Waals surface area contributed by atoms with E-state index in [0.29, 0.717) is 17.7 Å². The fraction of sp³-hybridized carbons (Fsp3) is 0.364. The van der Waals surface area contributed by atoms with Crippen molar-refractivity contribution in [3.05, 3.63) is 54.2 Å². The molecule has 182 valence electrons. The van der Waals surface area contributed by atoms with Crippen LogP contribution in [-0.4, -0.2) is 78.4 Å². The van der Waals surface area contributed by atoms with Gasteiger partial charge in [0.1, 0.15) is 17.8 Å². The van der Waals surface area contributed by atoms with Gasteiger partial charge in [0.05, 0.1) is 0 Å². The first-order chi connectivity index (χ1) is 16.1. The molecule has 0 aliphatic carbocycles. The lowest BCUT2D eigenvalue weighted by Crippen LogP contribution is -2.51. The van der Waals surface area contributed by atoms with E-state index in [4.69, 9.17) is 4.74 Å². The molecule has 0 spiro atoms. The third-order valence-corrected chi connectivity index (χ3v) is 7.09.